The van der Waals surface area contributed by atoms with E-state index in [0.717, 1.165) is 16.7 Å². The predicted octanol–water partition coefficient (Wildman–Crippen LogP) is 4.03. The van der Waals surface area contributed by atoms with Gasteiger partial charge < -0.3 is 18.9 Å². The van der Waals surface area contributed by atoms with E-state index < -0.39 is 11.9 Å². The summed E-state index contributed by atoms with van der Waals surface area (Å²) in [5.41, 5.74) is 2.52. The molecule has 0 unspecified atom stereocenters. The van der Waals surface area contributed by atoms with Crippen molar-refractivity contribution in [2.45, 2.75) is 19.3 Å². The zero-order chi connectivity index (χ0) is 21.7. The van der Waals surface area contributed by atoms with Gasteiger partial charge in [0.1, 0.15) is 23.2 Å². The molecule has 2 aromatic rings. The molecule has 0 radical (unpaired) electrons. The van der Waals surface area contributed by atoms with Crippen LogP contribution in [0.25, 0.3) is 5.57 Å². The van der Waals surface area contributed by atoms with Gasteiger partial charge in [0.15, 0.2) is 5.78 Å². The molecule has 3 rings (SSSR count). The Hall–Kier alpha value is -3.28. The maximum atomic E-state index is 13.0. The number of benzene rings is 2. The standard InChI is InChI=1S/C24H26O6/c1-5-30-24(26)23-21(15-6-8-18(27-2)9-7-15)12-17(13-22(23)25)16-10-19(28-3)14-20(11-16)29-4/h6-11,13-14,21,23H,5,12H2,1-4H3/t21-,23-/m1/s1. The zero-order valence-electron chi connectivity index (χ0n) is 17.6. The van der Waals surface area contributed by atoms with Crippen molar-refractivity contribution in [1.82, 2.24) is 0 Å². The molecule has 0 fully saturated rings. The fourth-order valence-corrected chi connectivity index (χ4v) is 3.74. The number of ketones is 1. The Morgan fingerprint density at radius 2 is 1.53 bits per heavy atom. The third-order valence-electron chi connectivity index (χ3n) is 5.27. The second-order valence-electron chi connectivity index (χ2n) is 6.99. The molecule has 0 bridgehead atoms. The summed E-state index contributed by atoms with van der Waals surface area (Å²) in [5.74, 6) is -0.0207. The molecule has 0 saturated heterocycles. The molecule has 6 heteroatoms. The number of allylic oxidation sites excluding steroid dienone is 2. The zero-order valence-corrected chi connectivity index (χ0v) is 17.6. The first kappa shape index (κ1) is 21.4. The van der Waals surface area contributed by atoms with Crippen molar-refractivity contribution >= 4 is 17.3 Å². The largest absolute Gasteiger partial charge is 0.497 e. The van der Waals surface area contributed by atoms with Crippen molar-refractivity contribution in [3.8, 4) is 17.2 Å². The molecule has 1 aliphatic rings. The normalized spacial score (nSPS) is 18.4. The topological polar surface area (TPSA) is 71.1 Å². The maximum absolute atomic E-state index is 13.0. The number of rotatable bonds is 7. The number of hydrogen-bond acceptors (Lipinski definition) is 6. The van der Waals surface area contributed by atoms with Crippen LogP contribution in [0.1, 0.15) is 30.4 Å². The monoisotopic (exact) mass is 410 g/mol. The first-order valence-electron chi connectivity index (χ1n) is 9.79. The minimum atomic E-state index is -0.880. The Labute approximate surface area is 176 Å². The predicted molar refractivity (Wildman–Crippen MR) is 113 cm³/mol. The van der Waals surface area contributed by atoms with Crippen LogP contribution in [0.5, 0.6) is 17.2 Å². The van der Waals surface area contributed by atoms with E-state index >= 15 is 0 Å². The van der Waals surface area contributed by atoms with Gasteiger partial charge in [0, 0.05) is 12.0 Å². The van der Waals surface area contributed by atoms with E-state index in [1.54, 1.807) is 34.3 Å². The number of esters is 1. The Morgan fingerprint density at radius 3 is 2.07 bits per heavy atom. The van der Waals surface area contributed by atoms with E-state index in [0.29, 0.717) is 23.7 Å². The van der Waals surface area contributed by atoms with Crippen LogP contribution in [0, 0.1) is 5.92 Å². The molecule has 1 aliphatic carbocycles. The second-order valence-corrected chi connectivity index (χ2v) is 6.99. The number of methoxy groups -OCH3 is 3. The molecular weight excluding hydrogens is 384 g/mol. The van der Waals surface area contributed by atoms with Crippen LogP contribution in [0.15, 0.2) is 48.5 Å². The summed E-state index contributed by atoms with van der Waals surface area (Å²) in [5, 5.41) is 0. The average molecular weight is 410 g/mol. The highest BCUT2D eigenvalue weighted by atomic mass is 16.5. The Kier molecular flexibility index (Phi) is 6.77. The fraction of sp³-hybridized carbons (Fsp3) is 0.333. The van der Waals surface area contributed by atoms with Crippen LogP contribution in [-0.4, -0.2) is 39.7 Å². The van der Waals surface area contributed by atoms with Crippen LogP contribution in [0.2, 0.25) is 0 Å². The van der Waals surface area contributed by atoms with Gasteiger partial charge in [-0.2, -0.15) is 0 Å². The van der Waals surface area contributed by atoms with E-state index in [-0.39, 0.29) is 18.3 Å². The van der Waals surface area contributed by atoms with Gasteiger partial charge in [-0.3, -0.25) is 9.59 Å². The van der Waals surface area contributed by atoms with Gasteiger partial charge in [-0.1, -0.05) is 12.1 Å². The summed E-state index contributed by atoms with van der Waals surface area (Å²) in [6, 6.07) is 12.9. The van der Waals surface area contributed by atoms with Gasteiger partial charge in [-0.05, 0) is 60.4 Å². The lowest BCUT2D eigenvalue weighted by molar-refractivity contribution is -0.151. The van der Waals surface area contributed by atoms with Crippen LogP contribution in [-0.2, 0) is 14.3 Å². The number of hydrogen-bond donors (Lipinski definition) is 0. The fourth-order valence-electron chi connectivity index (χ4n) is 3.74. The Balaban J connectivity index is 2.04. The third kappa shape index (κ3) is 4.48. The molecule has 0 aliphatic heterocycles. The van der Waals surface area contributed by atoms with Crippen LogP contribution in [0.3, 0.4) is 0 Å². The molecule has 0 N–H and O–H groups in total. The lowest BCUT2D eigenvalue weighted by Gasteiger charge is -2.29. The van der Waals surface area contributed by atoms with E-state index in [9.17, 15) is 9.59 Å². The van der Waals surface area contributed by atoms with Gasteiger partial charge >= 0.3 is 5.97 Å². The first-order valence-corrected chi connectivity index (χ1v) is 9.79. The quantitative estimate of drug-likeness (QED) is 0.507. The Morgan fingerprint density at radius 1 is 0.933 bits per heavy atom. The summed E-state index contributed by atoms with van der Waals surface area (Å²) in [6.45, 7) is 1.96. The maximum Gasteiger partial charge on any atom is 0.317 e. The molecule has 30 heavy (non-hydrogen) atoms. The van der Waals surface area contributed by atoms with E-state index in [2.05, 4.69) is 0 Å². The van der Waals surface area contributed by atoms with Crippen molar-refractivity contribution in [2.24, 2.45) is 5.92 Å². The summed E-state index contributed by atoms with van der Waals surface area (Å²) in [6.07, 6.45) is 2.04. The van der Waals surface area contributed by atoms with Crippen LogP contribution >= 0.6 is 0 Å². The van der Waals surface area contributed by atoms with Crippen molar-refractivity contribution in [3.63, 3.8) is 0 Å². The molecule has 2 atom stereocenters. The molecule has 0 saturated carbocycles. The van der Waals surface area contributed by atoms with Gasteiger partial charge in [-0.25, -0.2) is 0 Å². The summed E-state index contributed by atoms with van der Waals surface area (Å²) < 4.78 is 21.2. The van der Waals surface area contributed by atoms with Crippen molar-refractivity contribution in [3.05, 3.63) is 59.7 Å². The minimum absolute atomic E-state index is 0.224. The smallest absolute Gasteiger partial charge is 0.317 e. The molecule has 0 spiro atoms. The number of carbonyl (C=O) groups is 2. The van der Waals surface area contributed by atoms with Crippen molar-refractivity contribution in [1.29, 1.82) is 0 Å². The van der Waals surface area contributed by atoms with Gasteiger partial charge in [-0.15, -0.1) is 0 Å². The van der Waals surface area contributed by atoms with Crippen LogP contribution in [0.4, 0.5) is 0 Å². The highest BCUT2D eigenvalue weighted by Gasteiger charge is 2.39. The number of carbonyl (C=O) groups excluding carboxylic acids is 2. The van der Waals surface area contributed by atoms with E-state index in [1.165, 1.54) is 6.08 Å². The number of ether oxygens (including phenoxy) is 4. The van der Waals surface area contributed by atoms with Gasteiger partial charge in [0.05, 0.1) is 27.9 Å². The average Bonchev–Trinajstić information content (AvgIpc) is 2.78. The summed E-state index contributed by atoms with van der Waals surface area (Å²) >= 11 is 0. The first-order chi connectivity index (χ1) is 14.5. The van der Waals surface area contributed by atoms with E-state index in [4.69, 9.17) is 18.9 Å². The summed E-state index contributed by atoms with van der Waals surface area (Å²) in [4.78, 5) is 25.7. The molecule has 158 valence electrons. The highest BCUT2D eigenvalue weighted by Crippen LogP contribution is 2.42. The molecule has 0 aromatic heterocycles. The SMILES string of the molecule is CCOC(=O)[C@H]1C(=O)C=C(c2cc(OC)cc(OC)c2)C[C@@H]1c1ccc(OC)cc1. The lowest BCUT2D eigenvalue weighted by atomic mass is 9.73. The molecule has 6 nitrogen and oxygen atoms in total. The van der Waals surface area contributed by atoms with Gasteiger partial charge in [0.2, 0.25) is 0 Å². The minimum Gasteiger partial charge on any atom is -0.497 e. The molecular formula is C24H26O6. The lowest BCUT2D eigenvalue weighted by Crippen LogP contribution is -2.34. The molecule has 0 heterocycles. The summed E-state index contributed by atoms with van der Waals surface area (Å²) in [7, 11) is 4.75. The van der Waals surface area contributed by atoms with E-state index in [1.807, 2.05) is 36.4 Å². The second kappa shape index (κ2) is 9.48. The van der Waals surface area contributed by atoms with Crippen molar-refractivity contribution < 1.29 is 28.5 Å². The highest BCUT2D eigenvalue weighted by molar-refractivity contribution is 6.10. The third-order valence-corrected chi connectivity index (χ3v) is 5.27. The van der Waals surface area contributed by atoms with Crippen molar-refractivity contribution in [2.75, 3.05) is 27.9 Å². The molecule has 2 aromatic carbocycles. The molecule has 0 amide bonds. The Bertz CT molecular complexity index is 922. The van der Waals surface area contributed by atoms with Gasteiger partial charge in [0.25, 0.3) is 0 Å². The van der Waals surface area contributed by atoms with Crippen LogP contribution < -0.4 is 14.2 Å².